The molecule has 1 saturated heterocycles. The van der Waals surface area contributed by atoms with Crippen molar-refractivity contribution in [1.29, 1.82) is 0 Å². The second kappa shape index (κ2) is 8.13. The fourth-order valence-corrected chi connectivity index (χ4v) is 4.66. The summed E-state index contributed by atoms with van der Waals surface area (Å²) < 4.78 is 5.30. The van der Waals surface area contributed by atoms with Crippen molar-refractivity contribution in [3.8, 4) is 5.75 Å². The van der Waals surface area contributed by atoms with Gasteiger partial charge in [-0.25, -0.2) is 0 Å². The predicted octanol–water partition coefficient (Wildman–Crippen LogP) is 3.89. The van der Waals surface area contributed by atoms with Gasteiger partial charge in [0.05, 0.1) is 12.8 Å². The van der Waals surface area contributed by atoms with Crippen LogP contribution in [0.3, 0.4) is 0 Å². The zero-order chi connectivity index (χ0) is 22.2. The molecule has 32 heavy (non-hydrogen) atoms. The first-order valence-electron chi connectivity index (χ1n) is 10.8. The summed E-state index contributed by atoms with van der Waals surface area (Å²) in [6.45, 7) is 5.21. The first-order valence-corrected chi connectivity index (χ1v) is 10.8. The predicted molar refractivity (Wildman–Crippen MR) is 125 cm³/mol. The molecule has 0 radical (unpaired) electrons. The van der Waals surface area contributed by atoms with Gasteiger partial charge in [-0.05, 0) is 53.6 Å². The van der Waals surface area contributed by atoms with Crippen LogP contribution in [0.4, 0.5) is 5.69 Å². The van der Waals surface area contributed by atoms with E-state index in [-0.39, 0.29) is 11.8 Å². The van der Waals surface area contributed by atoms with E-state index in [4.69, 9.17) is 4.74 Å². The highest BCUT2D eigenvalue weighted by Crippen LogP contribution is 2.41. The van der Waals surface area contributed by atoms with Gasteiger partial charge in [0.2, 0.25) is 5.91 Å². The van der Waals surface area contributed by atoms with Crippen LogP contribution in [0.5, 0.6) is 5.75 Å². The molecule has 2 heterocycles. The molecular weight excluding hydrogens is 402 g/mol. The molecule has 162 valence electrons. The van der Waals surface area contributed by atoms with Crippen molar-refractivity contribution < 1.29 is 14.3 Å². The lowest BCUT2D eigenvalue weighted by molar-refractivity contribution is -0.122. The minimum atomic E-state index is -0.513. The number of hydrogen-bond donors (Lipinski definition) is 2. The van der Waals surface area contributed by atoms with E-state index in [1.54, 1.807) is 12.0 Å². The SMILES string of the molecule is C=C1CCC(N2C(=O)c3ccc(CNCc4cccc(OC)c4)c4cccc2c34)C(=O)N1. The average Bonchev–Trinajstić information content (AvgIpc) is 3.08. The molecule has 0 aliphatic carbocycles. The van der Waals surface area contributed by atoms with Gasteiger partial charge in [-0.3, -0.25) is 14.5 Å². The molecule has 1 unspecified atom stereocenters. The van der Waals surface area contributed by atoms with E-state index >= 15 is 0 Å². The number of piperidine rings is 1. The van der Waals surface area contributed by atoms with Crippen LogP contribution in [0.25, 0.3) is 10.8 Å². The average molecular weight is 428 g/mol. The Morgan fingerprint density at radius 2 is 1.97 bits per heavy atom. The van der Waals surface area contributed by atoms with Gasteiger partial charge in [0.15, 0.2) is 0 Å². The van der Waals surface area contributed by atoms with E-state index in [1.165, 1.54) is 0 Å². The molecule has 1 atom stereocenters. The summed E-state index contributed by atoms with van der Waals surface area (Å²) in [4.78, 5) is 27.5. The molecule has 6 nitrogen and oxygen atoms in total. The summed E-state index contributed by atoms with van der Waals surface area (Å²) in [5, 5.41) is 8.26. The van der Waals surface area contributed by atoms with Crippen molar-refractivity contribution in [1.82, 2.24) is 10.6 Å². The van der Waals surface area contributed by atoms with E-state index in [0.717, 1.165) is 33.3 Å². The molecule has 1 fully saturated rings. The molecule has 0 saturated carbocycles. The molecule has 2 aliphatic rings. The maximum Gasteiger partial charge on any atom is 0.259 e. The van der Waals surface area contributed by atoms with Gasteiger partial charge in [0, 0.05) is 29.7 Å². The Labute approximate surface area is 186 Å². The van der Waals surface area contributed by atoms with Crippen molar-refractivity contribution in [2.24, 2.45) is 0 Å². The number of hydrogen-bond acceptors (Lipinski definition) is 4. The van der Waals surface area contributed by atoms with Gasteiger partial charge in [0.25, 0.3) is 5.91 Å². The number of ether oxygens (including phenoxy) is 1. The van der Waals surface area contributed by atoms with Crippen molar-refractivity contribution >= 4 is 28.3 Å². The number of amides is 2. The highest BCUT2D eigenvalue weighted by molar-refractivity contribution is 6.27. The van der Waals surface area contributed by atoms with Crippen LogP contribution >= 0.6 is 0 Å². The van der Waals surface area contributed by atoms with Crippen LogP contribution in [0, 0.1) is 0 Å². The fraction of sp³-hybridized carbons (Fsp3) is 0.231. The number of benzene rings is 3. The highest BCUT2D eigenvalue weighted by atomic mass is 16.5. The molecule has 6 heteroatoms. The number of nitrogens with zero attached hydrogens (tertiary/aromatic N) is 1. The number of allylic oxidation sites excluding steroid dienone is 1. The summed E-state index contributed by atoms with van der Waals surface area (Å²) in [6.07, 6.45) is 1.25. The van der Waals surface area contributed by atoms with Crippen molar-refractivity contribution in [2.45, 2.75) is 32.0 Å². The van der Waals surface area contributed by atoms with Gasteiger partial charge in [0.1, 0.15) is 11.8 Å². The van der Waals surface area contributed by atoms with Crippen LogP contribution in [0.1, 0.15) is 34.3 Å². The quantitative estimate of drug-likeness (QED) is 0.626. The number of anilines is 1. The molecule has 2 N–H and O–H groups in total. The van der Waals surface area contributed by atoms with Gasteiger partial charge in [-0.1, -0.05) is 36.9 Å². The summed E-state index contributed by atoms with van der Waals surface area (Å²) in [7, 11) is 1.66. The van der Waals surface area contributed by atoms with Gasteiger partial charge < -0.3 is 15.4 Å². The Bertz CT molecular complexity index is 1250. The number of carbonyl (C=O) groups is 2. The van der Waals surface area contributed by atoms with Crippen LogP contribution in [0.2, 0.25) is 0 Å². The fourth-order valence-electron chi connectivity index (χ4n) is 4.66. The second-order valence-corrected chi connectivity index (χ2v) is 8.25. The summed E-state index contributed by atoms with van der Waals surface area (Å²) in [6, 6.07) is 17.3. The summed E-state index contributed by atoms with van der Waals surface area (Å²) in [5.74, 6) is 0.558. The minimum absolute atomic E-state index is 0.111. The first kappa shape index (κ1) is 20.3. The standard InChI is InChI=1S/C26H25N3O3/c1-16-9-12-23(25(30)28-16)29-22-8-4-7-20-18(10-11-21(24(20)22)26(29)31)15-27-14-17-5-3-6-19(13-17)32-2/h3-8,10-11,13,23,27H,1,9,12,14-15H2,2H3,(H,28,30). The van der Waals surface area contributed by atoms with E-state index in [0.29, 0.717) is 37.2 Å². The Balaban J connectivity index is 1.42. The van der Waals surface area contributed by atoms with E-state index < -0.39 is 6.04 Å². The Hall–Kier alpha value is -3.64. The monoisotopic (exact) mass is 427 g/mol. The van der Waals surface area contributed by atoms with Crippen molar-refractivity contribution in [3.63, 3.8) is 0 Å². The lowest BCUT2D eigenvalue weighted by Gasteiger charge is -2.31. The van der Waals surface area contributed by atoms with Gasteiger partial charge in [-0.2, -0.15) is 0 Å². The molecule has 0 aromatic heterocycles. The third kappa shape index (κ3) is 3.42. The number of nitrogens with one attached hydrogen (secondary N) is 2. The molecule has 2 amide bonds. The number of carbonyl (C=O) groups excluding carboxylic acids is 2. The highest BCUT2D eigenvalue weighted by Gasteiger charge is 2.39. The maximum atomic E-state index is 13.3. The molecule has 3 aromatic rings. The van der Waals surface area contributed by atoms with Crippen molar-refractivity contribution in [2.75, 3.05) is 12.0 Å². The van der Waals surface area contributed by atoms with Crippen molar-refractivity contribution in [3.05, 3.63) is 83.6 Å². The summed E-state index contributed by atoms with van der Waals surface area (Å²) >= 11 is 0. The van der Waals surface area contributed by atoms with Crippen LogP contribution < -0.4 is 20.3 Å². The molecule has 5 rings (SSSR count). The molecule has 0 spiro atoms. The van der Waals surface area contributed by atoms with Crippen LogP contribution in [-0.2, 0) is 17.9 Å². The number of rotatable bonds is 6. The third-order valence-corrected chi connectivity index (χ3v) is 6.23. The largest absolute Gasteiger partial charge is 0.497 e. The zero-order valence-corrected chi connectivity index (χ0v) is 18.0. The maximum absolute atomic E-state index is 13.3. The molecule has 3 aromatic carbocycles. The lowest BCUT2D eigenvalue weighted by atomic mass is 10.00. The second-order valence-electron chi connectivity index (χ2n) is 8.25. The van der Waals surface area contributed by atoms with Gasteiger partial charge in [-0.15, -0.1) is 0 Å². The van der Waals surface area contributed by atoms with E-state index in [2.05, 4.69) is 23.3 Å². The lowest BCUT2D eigenvalue weighted by Crippen LogP contribution is -2.51. The first-order chi connectivity index (χ1) is 15.6. The van der Waals surface area contributed by atoms with Crippen LogP contribution in [0.15, 0.2) is 66.9 Å². The minimum Gasteiger partial charge on any atom is -0.497 e. The van der Waals surface area contributed by atoms with E-state index in [1.807, 2.05) is 48.5 Å². The number of methoxy groups -OCH3 is 1. The van der Waals surface area contributed by atoms with E-state index in [9.17, 15) is 9.59 Å². The topological polar surface area (TPSA) is 70.7 Å². The Kier molecular flexibility index (Phi) is 5.15. The zero-order valence-electron chi connectivity index (χ0n) is 18.0. The van der Waals surface area contributed by atoms with Crippen LogP contribution in [-0.4, -0.2) is 25.0 Å². The molecular formula is C26H25N3O3. The summed E-state index contributed by atoms with van der Waals surface area (Å²) in [5.41, 5.74) is 4.43. The smallest absolute Gasteiger partial charge is 0.259 e. The molecule has 2 aliphatic heterocycles. The third-order valence-electron chi connectivity index (χ3n) is 6.23. The Morgan fingerprint density at radius 1 is 1.12 bits per heavy atom. The van der Waals surface area contributed by atoms with Gasteiger partial charge >= 0.3 is 0 Å². The molecule has 0 bridgehead atoms. The Morgan fingerprint density at radius 3 is 2.78 bits per heavy atom. The normalized spacial score (nSPS) is 17.7.